The number of hydrogen-bond acceptors (Lipinski definition) is 3. The molecule has 0 spiro atoms. The number of hydrogen-bond donors (Lipinski definition) is 1. The Labute approximate surface area is 41.6 Å². The third-order valence-electron chi connectivity index (χ3n) is 0.640. The first-order valence-electron chi connectivity index (χ1n) is 1.88. The van der Waals surface area contributed by atoms with E-state index in [1.807, 2.05) is 0 Å². The molecule has 1 N–H and O–H groups in total. The number of aliphatic hydroxyl groups is 1. The number of nitrogens with zero attached hydrogens (tertiary/aromatic N) is 1. The first-order valence-corrected chi connectivity index (χ1v) is 1.88. The molecule has 3 heteroatoms. The molecule has 0 aliphatic carbocycles. The van der Waals surface area contributed by atoms with E-state index in [2.05, 4.69) is 11.8 Å². The van der Waals surface area contributed by atoms with Gasteiger partial charge >= 0.3 is 0 Å². The number of nitroso groups, excluding NO2 is 1. The van der Waals surface area contributed by atoms with Gasteiger partial charge in [-0.1, -0.05) is 11.8 Å². The maximum absolute atomic E-state index is 9.48. The first-order chi connectivity index (χ1) is 3.18. The molecule has 0 aromatic carbocycles. The highest BCUT2D eigenvalue weighted by Gasteiger charge is 2.00. The van der Waals surface area contributed by atoms with Crippen molar-refractivity contribution < 1.29 is 5.11 Å². The second-order valence-electron chi connectivity index (χ2n) is 1.27. The van der Waals surface area contributed by atoms with Crippen LogP contribution in [0.3, 0.4) is 0 Å². The summed E-state index contributed by atoms with van der Waals surface area (Å²) in [5.74, 6) is -0.185. The van der Waals surface area contributed by atoms with E-state index in [4.69, 9.17) is 5.11 Å². The molecule has 0 heterocycles. The number of aliphatic hydroxyl groups excluding tert-OH is 1. The molecule has 0 saturated carbocycles. The van der Waals surface area contributed by atoms with E-state index >= 15 is 0 Å². The normalized spacial score (nSPS) is 12.7. The summed E-state index contributed by atoms with van der Waals surface area (Å²) in [5.41, 5.74) is 0. The molecule has 0 aliphatic rings. The van der Waals surface area contributed by atoms with Gasteiger partial charge in [0, 0.05) is 0 Å². The molecule has 3 nitrogen and oxygen atoms in total. The summed E-state index contributed by atoms with van der Waals surface area (Å²) >= 11 is 0. The molecule has 0 aromatic rings. The maximum Gasteiger partial charge on any atom is 0.145 e. The SMILES string of the molecule is C=C(O)C(C)N=O. The van der Waals surface area contributed by atoms with Crippen LogP contribution in [0.25, 0.3) is 0 Å². The quantitative estimate of drug-likeness (QED) is 0.420. The van der Waals surface area contributed by atoms with E-state index in [0.717, 1.165) is 0 Å². The van der Waals surface area contributed by atoms with Gasteiger partial charge in [0.25, 0.3) is 0 Å². The summed E-state index contributed by atoms with van der Waals surface area (Å²) in [7, 11) is 0. The zero-order valence-electron chi connectivity index (χ0n) is 4.09. The zero-order valence-corrected chi connectivity index (χ0v) is 4.09. The monoisotopic (exact) mass is 101 g/mol. The van der Waals surface area contributed by atoms with Gasteiger partial charge in [0.15, 0.2) is 0 Å². The van der Waals surface area contributed by atoms with Crippen LogP contribution in [-0.4, -0.2) is 11.1 Å². The van der Waals surface area contributed by atoms with Crippen LogP contribution >= 0.6 is 0 Å². The lowest BCUT2D eigenvalue weighted by molar-refractivity contribution is 0.377. The minimum atomic E-state index is -0.667. The van der Waals surface area contributed by atoms with Crippen molar-refractivity contribution in [1.82, 2.24) is 0 Å². The second kappa shape index (κ2) is 2.34. The Morgan fingerprint density at radius 3 is 2.43 bits per heavy atom. The second-order valence-corrected chi connectivity index (χ2v) is 1.27. The zero-order chi connectivity index (χ0) is 5.86. The third kappa shape index (κ3) is 1.92. The van der Waals surface area contributed by atoms with Crippen LogP contribution in [0.15, 0.2) is 17.5 Å². The Morgan fingerprint density at radius 1 is 2.00 bits per heavy atom. The minimum Gasteiger partial charge on any atom is -0.511 e. The molecule has 1 unspecified atom stereocenters. The fourth-order valence-corrected chi connectivity index (χ4v) is 0.0608. The van der Waals surface area contributed by atoms with Crippen molar-refractivity contribution in [3.63, 3.8) is 0 Å². The molecular formula is C4H7NO2. The minimum absolute atomic E-state index is 0.185. The highest BCUT2D eigenvalue weighted by molar-refractivity contribution is 4.90. The van der Waals surface area contributed by atoms with Crippen molar-refractivity contribution in [2.75, 3.05) is 0 Å². The summed E-state index contributed by atoms with van der Waals surface area (Å²) in [5, 5.41) is 10.8. The summed E-state index contributed by atoms with van der Waals surface area (Å²) in [6, 6.07) is -0.667. The van der Waals surface area contributed by atoms with Gasteiger partial charge in [-0.15, -0.1) is 0 Å². The fraction of sp³-hybridized carbons (Fsp3) is 0.500. The summed E-state index contributed by atoms with van der Waals surface area (Å²) < 4.78 is 0. The van der Waals surface area contributed by atoms with Crippen LogP contribution in [-0.2, 0) is 0 Å². The van der Waals surface area contributed by atoms with E-state index in [1.165, 1.54) is 6.92 Å². The van der Waals surface area contributed by atoms with Gasteiger partial charge in [0.05, 0.1) is 0 Å². The van der Waals surface area contributed by atoms with Crippen molar-refractivity contribution in [2.45, 2.75) is 13.0 Å². The molecule has 1 atom stereocenters. The Kier molecular flexibility index (Phi) is 2.05. The van der Waals surface area contributed by atoms with E-state index < -0.39 is 6.04 Å². The maximum atomic E-state index is 9.48. The third-order valence-corrected chi connectivity index (χ3v) is 0.640. The highest BCUT2D eigenvalue weighted by atomic mass is 16.3. The first kappa shape index (κ1) is 6.14. The van der Waals surface area contributed by atoms with Crippen LogP contribution in [0.2, 0.25) is 0 Å². The van der Waals surface area contributed by atoms with Crippen LogP contribution in [0.5, 0.6) is 0 Å². The lowest BCUT2D eigenvalue weighted by Crippen LogP contribution is -1.97. The van der Waals surface area contributed by atoms with Crippen LogP contribution in [0.1, 0.15) is 6.92 Å². The Balaban J connectivity index is 3.55. The predicted molar refractivity (Wildman–Crippen MR) is 27.0 cm³/mol. The topological polar surface area (TPSA) is 49.7 Å². The van der Waals surface area contributed by atoms with E-state index in [1.54, 1.807) is 0 Å². The van der Waals surface area contributed by atoms with E-state index in [-0.39, 0.29) is 5.76 Å². The molecule has 0 aliphatic heterocycles. The lowest BCUT2D eigenvalue weighted by atomic mass is 10.3. The molecule has 7 heavy (non-hydrogen) atoms. The van der Waals surface area contributed by atoms with Crippen molar-refractivity contribution in [2.24, 2.45) is 5.18 Å². The van der Waals surface area contributed by atoms with Gasteiger partial charge in [-0.3, -0.25) is 0 Å². The van der Waals surface area contributed by atoms with E-state index in [9.17, 15) is 4.91 Å². The molecule has 0 fully saturated rings. The molecule has 0 rings (SSSR count). The Hall–Kier alpha value is -0.860. The average molecular weight is 101 g/mol. The average Bonchev–Trinajstić information content (AvgIpc) is 1.65. The van der Waals surface area contributed by atoms with Crippen molar-refractivity contribution >= 4 is 0 Å². The van der Waals surface area contributed by atoms with Crippen molar-refractivity contribution in [3.8, 4) is 0 Å². The standard InChI is InChI=1S/C4H7NO2/c1-3(5-7)4(2)6/h3,6H,2H2,1H3. The smallest absolute Gasteiger partial charge is 0.145 e. The number of rotatable bonds is 2. The molecule has 0 aromatic heterocycles. The van der Waals surface area contributed by atoms with Gasteiger partial charge in [-0.05, 0) is 6.92 Å². The molecule has 0 saturated heterocycles. The van der Waals surface area contributed by atoms with Crippen LogP contribution in [0.4, 0.5) is 0 Å². The van der Waals surface area contributed by atoms with Crippen LogP contribution in [0, 0.1) is 4.91 Å². The molecule has 40 valence electrons. The highest BCUT2D eigenvalue weighted by Crippen LogP contribution is 1.95. The summed E-state index contributed by atoms with van der Waals surface area (Å²) in [6.45, 7) is 4.56. The van der Waals surface area contributed by atoms with Crippen LogP contribution < -0.4 is 0 Å². The van der Waals surface area contributed by atoms with E-state index in [0.29, 0.717) is 0 Å². The summed E-state index contributed by atoms with van der Waals surface area (Å²) in [4.78, 5) is 9.48. The van der Waals surface area contributed by atoms with Gasteiger partial charge in [-0.25, -0.2) is 0 Å². The largest absolute Gasteiger partial charge is 0.511 e. The predicted octanol–water partition coefficient (Wildman–Crippen LogP) is 1.21. The van der Waals surface area contributed by atoms with Gasteiger partial charge in [0.2, 0.25) is 0 Å². The van der Waals surface area contributed by atoms with Gasteiger partial charge < -0.3 is 5.11 Å². The fourth-order valence-electron chi connectivity index (χ4n) is 0.0608. The van der Waals surface area contributed by atoms with Crippen molar-refractivity contribution in [3.05, 3.63) is 17.2 Å². The molecule has 0 amide bonds. The summed E-state index contributed by atoms with van der Waals surface area (Å²) in [6.07, 6.45) is 0. The van der Waals surface area contributed by atoms with Gasteiger partial charge in [0.1, 0.15) is 11.8 Å². The Morgan fingerprint density at radius 2 is 2.43 bits per heavy atom. The van der Waals surface area contributed by atoms with Crippen molar-refractivity contribution in [1.29, 1.82) is 0 Å². The molecular weight excluding hydrogens is 94.0 g/mol. The lowest BCUT2D eigenvalue weighted by Gasteiger charge is -1.93. The molecule has 0 bridgehead atoms. The Bertz CT molecular complexity index is 89.7. The molecule has 0 radical (unpaired) electrons. The van der Waals surface area contributed by atoms with Gasteiger partial charge in [-0.2, -0.15) is 4.91 Å².